The number of hydrogen-bond acceptors (Lipinski definition) is 4. The van der Waals surface area contributed by atoms with Gasteiger partial charge in [0.2, 0.25) is 0 Å². The monoisotopic (exact) mass is 1100 g/mol. The number of pyridine rings is 4. The minimum atomic E-state index is -2.55. The normalized spacial score (nSPS) is 13.7. The average molecular weight is 1100 g/mol. The first-order valence-corrected chi connectivity index (χ1v) is 26.7. The minimum absolute atomic E-state index is 0.268. The van der Waals surface area contributed by atoms with E-state index in [2.05, 4.69) is 76.7 Å². The zero-order valence-corrected chi connectivity index (χ0v) is 37.4. The molecule has 0 fully saturated rings. The lowest BCUT2D eigenvalue weighted by molar-refractivity contribution is 0.626. The Bertz CT molecular complexity index is 3570. The number of aromatic nitrogens is 4. The molecule has 0 unspecified atom stereocenters. The summed E-state index contributed by atoms with van der Waals surface area (Å²) in [6.07, 6.45) is 7.18. The summed E-state index contributed by atoms with van der Waals surface area (Å²) in [5.41, 5.74) is 9.39. The summed E-state index contributed by atoms with van der Waals surface area (Å²) in [7, 11) is 0. The van der Waals surface area contributed by atoms with Gasteiger partial charge >= 0.3 is 0 Å². The molecule has 1 aliphatic heterocycles. The zero-order chi connectivity index (χ0) is 39.6. The van der Waals surface area contributed by atoms with Gasteiger partial charge in [-0.15, -0.1) is 18.9 Å². The van der Waals surface area contributed by atoms with Crippen molar-refractivity contribution in [3.8, 4) is 22.3 Å². The Morgan fingerprint density at radius 1 is 0.424 bits per heavy atom. The van der Waals surface area contributed by atoms with Gasteiger partial charge in [0, 0.05) is 62.0 Å². The van der Waals surface area contributed by atoms with Crippen molar-refractivity contribution in [2.45, 2.75) is 0 Å². The first-order valence-electron chi connectivity index (χ1n) is 18.7. The fraction of sp³-hybridized carbons (Fsp3) is 0. The van der Waals surface area contributed by atoms with Crippen LogP contribution in [0, 0.1) is 11.6 Å². The second kappa shape index (κ2) is 15.1. The van der Waals surface area contributed by atoms with E-state index in [0.29, 0.717) is 11.1 Å². The Morgan fingerprint density at radius 2 is 0.949 bits per heavy atom. The predicted molar refractivity (Wildman–Crippen MR) is 270 cm³/mol. The van der Waals surface area contributed by atoms with Gasteiger partial charge in [0.15, 0.2) is 0 Å². The van der Waals surface area contributed by atoms with Crippen LogP contribution in [0.5, 0.6) is 0 Å². The Balaban J connectivity index is 1.11. The van der Waals surface area contributed by atoms with Gasteiger partial charge in [0.25, 0.3) is 0 Å². The third kappa shape index (κ3) is 6.48. The molecule has 284 valence electrons. The summed E-state index contributed by atoms with van der Waals surface area (Å²) < 4.78 is 41.5. The lowest BCUT2D eigenvalue weighted by Gasteiger charge is -2.19. The fourth-order valence-electron chi connectivity index (χ4n) is 7.77. The van der Waals surface area contributed by atoms with E-state index < -0.39 is 60.3 Å². The minimum Gasteiger partial charge on any atom is -0.254 e. The third-order valence-electron chi connectivity index (χ3n) is 10.6. The molecule has 0 saturated heterocycles. The molecule has 4 aromatic heterocycles. The summed E-state index contributed by atoms with van der Waals surface area (Å²) in [6.45, 7) is 0. The highest BCUT2D eigenvalue weighted by molar-refractivity contribution is 14.4. The molecule has 1 aliphatic rings. The average Bonchev–Trinajstić information content (AvgIpc) is 3.29. The van der Waals surface area contributed by atoms with Crippen molar-refractivity contribution in [2.75, 3.05) is 0 Å². The summed E-state index contributed by atoms with van der Waals surface area (Å²) in [5, 5.41) is 6.26. The second-order valence-corrected chi connectivity index (χ2v) is 29.9. The highest BCUT2D eigenvalue weighted by atomic mass is 127. The van der Waals surface area contributed by atoms with Crippen molar-refractivity contribution in [2.24, 2.45) is 0 Å². The van der Waals surface area contributed by atoms with Crippen LogP contribution >= 0.6 is 60.3 Å². The van der Waals surface area contributed by atoms with E-state index in [-0.39, 0.29) is 11.6 Å². The summed E-state index contributed by atoms with van der Waals surface area (Å²) >= 11 is -4.12. The van der Waals surface area contributed by atoms with E-state index in [1.54, 1.807) is 36.9 Å². The molecule has 0 spiro atoms. The van der Waals surface area contributed by atoms with Gasteiger partial charge in [0.1, 0.15) is 11.6 Å². The molecule has 9 heteroatoms. The molecular formula is C50H29F2I3N4. The van der Waals surface area contributed by atoms with E-state index >= 15 is 8.78 Å². The van der Waals surface area contributed by atoms with E-state index in [4.69, 9.17) is 14.5 Å². The lowest BCUT2D eigenvalue weighted by Crippen LogP contribution is -2.07. The van der Waals surface area contributed by atoms with Crippen molar-refractivity contribution in [1.82, 2.24) is 19.9 Å². The second-order valence-electron chi connectivity index (χ2n) is 14.1. The number of fused-ring (bicyclic) bond motifs is 7. The lowest BCUT2D eigenvalue weighted by atomic mass is 9.98. The number of hydrogen-bond donors (Lipinski definition) is 0. The van der Waals surface area contributed by atoms with Crippen molar-refractivity contribution in [3.63, 3.8) is 0 Å². The maximum atomic E-state index is 16.5. The van der Waals surface area contributed by atoms with Crippen LogP contribution < -0.4 is 0 Å². The maximum Gasteiger partial charge on any atom is 0.131 e. The van der Waals surface area contributed by atoms with Gasteiger partial charge in [-0.25, -0.2) is 8.78 Å². The smallest absolute Gasteiger partial charge is 0.131 e. The highest BCUT2D eigenvalue weighted by Crippen LogP contribution is 2.45. The molecule has 0 radical (unpaired) electrons. The van der Waals surface area contributed by atoms with Crippen LogP contribution in [-0.2, 0) is 0 Å². The van der Waals surface area contributed by atoms with E-state index in [9.17, 15) is 0 Å². The molecule has 59 heavy (non-hydrogen) atoms. The van der Waals surface area contributed by atoms with Gasteiger partial charge in [-0.3, -0.25) is 19.9 Å². The van der Waals surface area contributed by atoms with Crippen molar-refractivity contribution >= 4 is 124 Å². The molecule has 4 nitrogen and oxygen atoms in total. The standard InChI is InChI=1S/C50H29F2I3N4/c1-55-49(40-27-33(14-18-42(40)51)36-20-24-58-46-38(36)16-12-30-8-4-22-56-44(30)46)53-48(35-11-10-29-6-2-3-7-32(29)26-35)54-50(55)41-28-34(15-19-43(41)52)37-21-25-59-47-39(37)17-13-31-9-5-23-57-45(31)47/h2-28H,1H2. The number of halogens is 5. The molecule has 0 N–H and O–H groups in total. The van der Waals surface area contributed by atoms with Crippen LogP contribution in [0.3, 0.4) is 0 Å². The number of nitrogens with zero attached hydrogens (tertiary/aromatic N) is 4. The first-order chi connectivity index (χ1) is 29.0. The van der Waals surface area contributed by atoms with Gasteiger partial charge in [-0.05, 0) is 93.2 Å². The SMILES string of the molecule is C=I1=C(c2cc(-c3ccnc4c3ccc3cccnc34)ccc2F)I=C(c2ccc3ccccc3c2)I=C1c1cc(-c2ccnc3c2ccc2cccnc23)ccc1F. The van der Waals surface area contributed by atoms with Gasteiger partial charge < -0.3 is 0 Å². The molecule has 0 atom stereocenters. The molecule has 0 saturated carbocycles. The topological polar surface area (TPSA) is 51.6 Å². The number of rotatable bonds is 5. The predicted octanol–water partition coefficient (Wildman–Crippen LogP) is 13.4. The molecule has 0 bridgehead atoms. The van der Waals surface area contributed by atoms with Gasteiger partial charge in [-0.2, -0.15) is 0 Å². The first kappa shape index (κ1) is 36.8. The Morgan fingerprint density at radius 3 is 1.59 bits per heavy atom. The van der Waals surface area contributed by atoms with Gasteiger partial charge in [0.05, 0.1) is 22.1 Å². The molecule has 6 aromatic carbocycles. The van der Waals surface area contributed by atoms with Crippen molar-refractivity contribution in [3.05, 3.63) is 193 Å². The van der Waals surface area contributed by atoms with Crippen LogP contribution in [0.25, 0.3) is 76.6 Å². The third-order valence-corrected chi connectivity index (χ3v) is 30.5. The van der Waals surface area contributed by atoms with Crippen LogP contribution in [0.2, 0.25) is 0 Å². The summed E-state index contributed by atoms with van der Waals surface area (Å²) in [6, 6.07) is 46.1. The molecular weight excluding hydrogens is 1080 g/mol. The molecule has 0 amide bonds. The van der Waals surface area contributed by atoms with E-state index in [1.165, 1.54) is 6.90 Å². The molecule has 10 aromatic rings. The quantitative estimate of drug-likeness (QED) is 0.127. The molecule has 5 heterocycles. The Labute approximate surface area is 363 Å². The highest BCUT2D eigenvalue weighted by Gasteiger charge is 2.22. The van der Waals surface area contributed by atoms with Crippen LogP contribution in [0.15, 0.2) is 164 Å². The van der Waals surface area contributed by atoms with Crippen molar-refractivity contribution in [1.29, 1.82) is 0 Å². The number of benzene rings is 6. The zero-order valence-electron chi connectivity index (χ0n) is 31.0. The maximum absolute atomic E-state index is 16.5. The Kier molecular flexibility index (Phi) is 9.41. The Hall–Kier alpha value is -5.25. The summed E-state index contributed by atoms with van der Waals surface area (Å²) in [4.78, 5) is 18.8. The van der Waals surface area contributed by atoms with E-state index in [0.717, 1.165) is 79.8 Å². The van der Waals surface area contributed by atoms with Gasteiger partial charge in [-0.1, -0.05) is 131 Å². The van der Waals surface area contributed by atoms with E-state index in [1.807, 2.05) is 60.7 Å². The largest absolute Gasteiger partial charge is 0.254 e. The summed E-state index contributed by atoms with van der Waals surface area (Å²) in [5.74, 6) is -0.536. The fourth-order valence-corrected chi connectivity index (χ4v) is 34.6. The molecule has 0 aliphatic carbocycles. The molecule has 11 rings (SSSR count). The van der Waals surface area contributed by atoms with Crippen LogP contribution in [-0.4, -0.2) is 29.0 Å². The van der Waals surface area contributed by atoms with Crippen molar-refractivity contribution < 1.29 is 8.78 Å². The van der Waals surface area contributed by atoms with Crippen LogP contribution in [0.4, 0.5) is 8.78 Å². The van der Waals surface area contributed by atoms with Crippen LogP contribution in [0.1, 0.15) is 16.7 Å².